The Morgan fingerprint density at radius 1 is 1.08 bits per heavy atom. The fraction of sp³-hybridized carbons (Fsp3) is 0.606. The van der Waals surface area contributed by atoms with Crippen molar-refractivity contribution in [1.29, 1.82) is 0 Å². The Hall–Kier alpha value is -2.21. The third-order valence-corrected chi connectivity index (χ3v) is 8.56. The molecule has 1 aliphatic heterocycles. The average molecular weight is 523 g/mol. The molecule has 208 valence electrons. The van der Waals surface area contributed by atoms with Gasteiger partial charge >= 0.3 is 0 Å². The molecule has 1 aliphatic carbocycles. The summed E-state index contributed by atoms with van der Waals surface area (Å²) in [5.74, 6) is 0.345. The van der Waals surface area contributed by atoms with Gasteiger partial charge in [-0.3, -0.25) is 4.79 Å². The van der Waals surface area contributed by atoms with Gasteiger partial charge in [0.2, 0.25) is 0 Å². The number of carbonyl (C=O) groups is 1. The van der Waals surface area contributed by atoms with Crippen LogP contribution < -0.4 is 4.74 Å². The number of unbranched alkanes of at least 4 members (excludes halogenated alkanes) is 3. The van der Waals surface area contributed by atoms with Gasteiger partial charge in [-0.25, -0.2) is 0 Å². The first-order valence-corrected chi connectivity index (χ1v) is 14.6. The zero-order valence-electron chi connectivity index (χ0n) is 23.5. The molecule has 1 N–H and O–H groups in total. The van der Waals surface area contributed by atoms with E-state index in [4.69, 9.17) is 14.2 Å². The van der Waals surface area contributed by atoms with Crippen molar-refractivity contribution in [1.82, 2.24) is 0 Å². The number of rotatable bonds is 13. The summed E-state index contributed by atoms with van der Waals surface area (Å²) in [6.07, 6.45) is 8.78. The number of aliphatic hydroxyl groups excluding tert-OH is 1. The monoisotopic (exact) mass is 522 g/mol. The van der Waals surface area contributed by atoms with Gasteiger partial charge in [0.05, 0.1) is 13.2 Å². The standard InChI is InChI=1S/C33H46O5/c1-4-5-6-10-16-32(2,3)27-13-14-29(31(21-27)36-24-25-11-8-7-9-12-25)30-22-33(37-18-19-38-33)17-15-26(30)20-28(35)23-34/h7-9,11-14,21,26,30,34H,4-6,10,15-20,22-24H2,1-3H3/t26-,30+/m1/s1. The summed E-state index contributed by atoms with van der Waals surface area (Å²) in [6, 6.07) is 17.0. The molecule has 2 aromatic carbocycles. The van der Waals surface area contributed by atoms with E-state index in [1.54, 1.807) is 0 Å². The molecular weight excluding hydrogens is 476 g/mol. The van der Waals surface area contributed by atoms with Gasteiger partial charge in [-0.1, -0.05) is 88.9 Å². The number of hydrogen-bond acceptors (Lipinski definition) is 5. The van der Waals surface area contributed by atoms with Gasteiger partial charge in [0.25, 0.3) is 0 Å². The van der Waals surface area contributed by atoms with E-state index in [0.29, 0.717) is 32.7 Å². The molecule has 1 spiro atoms. The predicted molar refractivity (Wildman–Crippen MR) is 150 cm³/mol. The summed E-state index contributed by atoms with van der Waals surface area (Å²) in [6.45, 7) is 8.19. The Morgan fingerprint density at radius 2 is 1.84 bits per heavy atom. The molecule has 2 aliphatic rings. The molecule has 38 heavy (non-hydrogen) atoms. The highest BCUT2D eigenvalue weighted by Gasteiger charge is 2.46. The van der Waals surface area contributed by atoms with Gasteiger partial charge in [0, 0.05) is 19.3 Å². The number of benzene rings is 2. The van der Waals surface area contributed by atoms with Crippen molar-refractivity contribution >= 4 is 5.78 Å². The van der Waals surface area contributed by atoms with Crippen LogP contribution >= 0.6 is 0 Å². The van der Waals surface area contributed by atoms with Crippen molar-refractivity contribution in [3.8, 4) is 5.75 Å². The van der Waals surface area contributed by atoms with Crippen LogP contribution in [0, 0.1) is 5.92 Å². The van der Waals surface area contributed by atoms with Gasteiger partial charge in [-0.05, 0) is 52.8 Å². The maximum absolute atomic E-state index is 12.4. The zero-order valence-corrected chi connectivity index (χ0v) is 23.5. The second kappa shape index (κ2) is 13.2. The van der Waals surface area contributed by atoms with E-state index >= 15 is 0 Å². The molecule has 2 atom stereocenters. The van der Waals surface area contributed by atoms with E-state index in [0.717, 1.165) is 36.1 Å². The van der Waals surface area contributed by atoms with Crippen molar-refractivity contribution in [3.63, 3.8) is 0 Å². The number of carbonyl (C=O) groups excluding carboxylic acids is 1. The van der Waals surface area contributed by atoms with Crippen LogP contribution in [0.15, 0.2) is 48.5 Å². The number of ether oxygens (including phenoxy) is 3. The molecular formula is C33H46O5. The van der Waals surface area contributed by atoms with Crippen molar-refractivity contribution in [2.75, 3.05) is 19.8 Å². The highest BCUT2D eigenvalue weighted by Crippen LogP contribution is 2.50. The molecule has 0 radical (unpaired) electrons. The first-order chi connectivity index (χ1) is 18.4. The van der Waals surface area contributed by atoms with Gasteiger partial charge in [-0.15, -0.1) is 0 Å². The van der Waals surface area contributed by atoms with E-state index < -0.39 is 12.4 Å². The lowest BCUT2D eigenvalue weighted by atomic mass is 9.70. The Morgan fingerprint density at radius 3 is 2.55 bits per heavy atom. The molecule has 1 saturated carbocycles. The SMILES string of the molecule is CCCCCCC(C)(C)c1ccc([C@H]2CC3(CC[C@@H]2CC(=O)CO)OCCO3)c(OCc2ccccc2)c1. The van der Waals surface area contributed by atoms with E-state index in [2.05, 4.69) is 51.1 Å². The number of aliphatic hydroxyl groups is 1. The van der Waals surface area contributed by atoms with E-state index in [9.17, 15) is 9.90 Å². The molecule has 0 amide bonds. The lowest BCUT2D eigenvalue weighted by molar-refractivity contribution is -0.188. The van der Waals surface area contributed by atoms with Crippen LogP contribution in [0.1, 0.15) is 101 Å². The smallest absolute Gasteiger partial charge is 0.169 e. The quantitative estimate of drug-likeness (QED) is 0.285. The number of hydrogen-bond donors (Lipinski definition) is 1. The summed E-state index contributed by atoms with van der Waals surface area (Å²) in [5, 5.41) is 9.50. The Labute approximate surface area is 228 Å². The Balaban J connectivity index is 1.66. The van der Waals surface area contributed by atoms with Crippen LogP contribution in [0.5, 0.6) is 5.75 Å². The van der Waals surface area contributed by atoms with Crippen LogP contribution in [0.2, 0.25) is 0 Å². The average Bonchev–Trinajstić information content (AvgIpc) is 3.39. The lowest BCUT2D eigenvalue weighted by Crippen LogP contribution is -2.40. The van der Waals surface area contributed by atoms with Gasteiger partial charge in [0.1, 0.15) is 19.0 Å². The van der Waals surface area contributed by atoms with Crippen LogP contribution in [0.3, 0.4) is 0 Å². The van der Waals surface area contributed by atoms with Crippen molar-refractivity contribution < 1.29 is 24.1 Å². The third kappa shape index (κ3) is 7.25. The van der Waals surface area contributed by atoms with Gasteiger partial charge in [0.15, 0.2) is 11.6 Å². The summed E-state index contributed by atoms with van der Waals surface area (Å²) in [7, 11) is 0. The van der Waals surface area contributed by atoms with Gasteiger partial charge in [-0.2, -0.15) is 0 Å². The first kappa shape index (κ1) is 28.8. The molecule has 2 aromatic rings. The Bertz CT molecular complexity index is 1020. The summed E-state index contributed by atoms with van der Waals surface area (Å²) < 4.78 is 18.8. The maximum Gasteiger partial charge on any atom is 0.169 e. The molecule has 5 nitrogen and oxygen atoms in total. The summed E-state index contributed by atoms with van der Waals surface area (Å²) >= 11 is 0. The fourth-order valence-electron chi connectivity index (χ4n) is 6.19. The topological polar surface area (TPSA) is 65.0 Å². The second-order valence-corrected chi connectivity index (χ2v) is 11.8. The van der Waals surface area contributed by atoms with Crippen molar-refractivity contribution in [3.05, 3.63) is 65.2 Å². The van der Waals surface area contributed by atoms with Crippen LogP contribution in [-0.2, 0) is 26.3 Å². The number of Topliss-reactive ketones (excluding diaryl/α,β-unsaturated/α-hetero) is 1. The largest absolute Gasteiger partial charge is 0.489 e. The lowest BCUT2D eigenvalue weighted by Gasteiger charge is -2.42. The maximum atomic E-state index is 12.4. The highest BCUT2D eigenvalue weighted by molar-refractivity contribution is 5.79. The van der Waals surface area contributed by atoms with Crippen LogP contribution in [0.25, 0.3) is 0 Å². The first-order valence-electron chi connectivity index (χ1n) is 14.6. The summed E-state index contributed by atoms with van der Waals surface area (Å²) in [4.78, 5) is 12.4. The third-order valence-electron chi connectivity index (χ3n) is 8.56. The molecule has 4 rings (SSSR count). The molecule has 0 bridgehead atoms. The van der Waals surface area contributed by atoms with Crippen molar-refractivity contribution in [2.24, 2.45) is 5.92 Å². The minimum Gasteiger partial charge on any atom is -0.489 e. The van der Waals surface area contributed by atoms with Crippen molar-refractivity contribution in [2.45, 2.75) is 102 Å². The molecule has 0 aromatic heterocycles. The Kier molecular flexibility index (Phi) is 10.0. The van der Waals surface area contributed by atoms with Crippen LogP contribution in [-0.4, -0.2) is 36.5 Å². The fourth-order valence-corrected chi connectivity index (χ4v) is 6.19. The van der Waals surface area contributed by atoms with E-state index in [-0.39, 0.29) is 23.0 Å². The molecule has 0 unspecified atom stereocenters. The molecule has 2 fully saturated rings. The minimum atomic E-state index is -0.586. The molecule has 5 heteroatoms. The molecule has 1 saturated heterocycles. The minimum absolute atomic E-state index is 0.0366. The van der Waals surface area contributed by atoms with Gasteiger partial charge < -0.3 is 19.3 Å². The van der Waals surface area contributed by atoms with E-state index in [1.807, 2.05) is 18.2 Å². The normalized spacial score (nSPS) is 21.1. The molecule has 1 heterocycles. The second-order valence-electron chi connectivity index (χ2n) is 11.8. The number of ketones is 1. The van der Waals surface area contributed by atoms with Crippen LogP contribution in [0.4, 0.5) is 0 Å². The zero-order chi connectivity index (χ0) is 27.0. The summed E-state index contributed by atoms with van der Waals surface area (Å²) in [5.41, 5.74) is 3.55. The predicted octanol–water partition coefficient (Wildman–Crippen LogP) is 7.09. The van der Waals surface area contributed by atoms with E-state index in [1.165, 1.54) is 31.2 Å². The highest BCUT2D eigenvalue weighted by atomic mass is 16.7.